The van der Waals surface area contributed by atoms with Gasteiger partial charge in [-0.3, -0.25) is 10.2 Å². The average Bonchev–Trinajstić information content (AvgIpc) is 3.14. The summed E-state index contributed by atoms with van der Waals surface area (Å²) in [4.78, 5) is 26.4. The minimum Gasteiger partial charge on any atom is -0.491 e. The van der Waals surface area contributed by atoms with Gasteiger partial charge in [0.05, 0.1) is 19.1 Å². The fraction of sp³-hybridized carbons (Fsp3) is 0.375. The summed E-state index contributed by atoms with van der Waals surface area (Å²) in [5, 5.41) is 10.3. The molecule has 3 rings (SSSR count). The molecule has 2 amide bonds. The van der Waals surface area contributed by atoms with Crippen LogP contribution in [0.2, 0.25) is 0 Å². The van der Waals surface area contributed by atoms with E-state index in [0.717, 1.165) is 11.1 Å². The molecule has 0 bridgehead atoms. The zero-order valence-electron chi connectivity index (χ0n) is 18.6. The summed E-state index contributed by atoms with van der Waals surface area (Å²) < 4.78 is 10.9. The van der Waals surface area contributed by atoms with Crippen molar-refractivity contribution in [3.05, 3.63) is 54.1 Å². The molecule has 1 fully saturated rings. The standard InChI is InChI=1S/C24H30N4O4/c1-4-27-24(30)28-15(2)21(23(29)31-3)13-19(28)14-32-20-11-9-17(10-12-20)16-5-7-18(8-6-16)22(25)26/h5-12,15,19,21H,4,13-14H2,1-3H3,(H3,25,26)(H,27,30)/t15?,19-,21-/m0/s1. The second-order valence-corrected chi connectivity index (χ2v) is 7.83. The maximum absolute atomic E-state index is 12.6. The Morgan fingerprint density at radius 3 is 2.25 bits per heavy atom. The Bertz CT molecular complexity index is 959. The van der Waals surface area contributed by atoms with Crippen LogP contribution in [0.25, 0.3) is 11.1 Å². The maximum atomic E-state index is 12.6. The number of likely N-dealkylation sites (tertiary alicyclic amines) is 1. The molecule has 0 aromatic heterocycles. The van der Waals surface area contributed by atoms with Crippen molar-refractivity contribution in [1.82, 2.24) is 10.2 Å². The molecule has 0 spiro atoms. The molecule has 0 saturated carbocycles. The summed E-state index contributed by atoms with van der Waals surface area (Å²) >= 11 is 0. The number of carbonyl (C=O) groups is 2. The van der Waals surface area contributed by atoms with Gasteiger partial charge in [0.15, 0.2) is 0 Å². The van der Waals surface area contributed by atoms with Gasteiger partial charge in [-0.1, -0.05) is 36.4 Å². The fourth-order valence-electron chi connectivity index (χ4n) is 4.09. The van der Waals surface area contributed by atoms with E-state index in [0.29, 0.717) is 24.3 Å². The molecule has 8 heteroatoms. The molecule has 170 valence electrons. The first-order valence-electron chi connectivity index (χ1n) is 10.7. The number of nitrogens with two attached hydrogens (primary N) is 1. The number of hydrogen-bond donors (Lipinski definition) is 3. The topological polar surface area (TPSA) is 118 Å². The van der Waals surface area contributed by atoms with E-state index in [1.54, 1.807) is 4.90 Å². The molecule has 4 N–H and O–H groups in total. The van der Waals surface area contributed by atoms with Crippen LogP contribution in [0.15, 0.2) is 48.5 Å². The Kier molecular flexibility index (Phi) is 7.35. The van der Waals surface area contributed by atoms with Gasteiger partial charge in [0.25, 0.3) is 0 Å². The third-order valence-corrected chi connectivity index (χ3v) is 5.83. The first-order chi connectivity index (χ1) is 15.3. The van der Waals surface area contributed by atoms with Crippen LogP contribution >= 0.6 is 0 Å². The largest absolute Gasteiger partial charge is 0.491 e. The molecular formula is C24H30N4O4. The Morgan fingerprint density at radius 1 is 1.12 bits per heavy atom. The van der Waals surface area contributed by atoms with Crippen molar-refractivity contribution in [2.75, 3.05) is 20.3 Å². The summed E-state index contributed by atoms with van der Waals surface area (Å²) in [6.45, 7) is 4.51. The van der Waals surface area contributed by atoms with Crippen LogP contribution in [0, 0.1) is 11.3 Å². The van der Waals surface area contributed by atoms with Crippen LogP contribution < -0.4 is 15.8 Å². The van der Waals surface area contributed by atoms with Crippen LogP contribution in [-0.2, 0) is 9.53 Å². The molecular weight excluding hydrogens is 408 g/mol. The molecule has 8 nitrogen and oxygen atoms in total. The Hall–Kier alpha value is -3.55. The van der Waals surface area contributed by atoms with Crippen LogP contribution in [0.4, 0.5) is 4.79 Å². The van der Waals surface area contributed by atoms with Crippen LogP contribution in [0.3, 0.4) is 0 Å². The lowest BCUT2D eigenvalue weighted by atomic mass is 10.0. The Balaban J connectivity index is 1.68. The number of nitrogens with zero attached hydrogens (tertiary/aromatic N) is 1. The van der Waals surface area contributed by atoms with Gasteiger partial charge in [0, 0.05) is 18.2 Å². The Labute approximate surface area is 188 Å². The summed E-state index contributed by atoms with van der Waals surface area (Å²) in [5.74, 6) is 0.0303. The van der Waals surface area contributed by atoms with E-state index in [2.05, 4.69) is 5.32 Å². The molecule has 1 aliphatic heterocycles. The monoisotopic (exact) mass is 438 g/mol. The summed E-state index contributed by atoms with van der Waals surface area (Å²) in [6, 6.07) is 14.4. The lowest BCUT2D eigenvalue weighted by molar-refractivity contribution is -0.145. The summed E-state index contributed by atoms with van der Waals surface area (Å²) in [6.07, 6.45) is 0.492. The zero-order chi connectivity index (χ0) is 23.3. The predicted octanol–water partition coefficient (Wildman–Crippen LogP) is 3.00. The number of benzene rings is 2. The lowest BCUT2D eigenvalue weighted by Gasteiger charge is -2.29. The first-order valence-corrected chi connectivity index (χ1v) is 10.7. The summed E-state index contributed by atoms with van der Waals surface area (Å²) in [7, 11) is 1.37. The van der Waals surface area contributed by atoms with E-state index in [1.807, 2.05) is 62.4 Å². The number of hydrogen-bond acceptors (Lipinski definition) is 5. The number of amides is 2. The van der Waals surface area contributed by atoms with Crippen LogP contribution in [-0.4, -0.2) is 55.1 Å². The normalized spacial score (nSPS) is 20.0. The first kappa shape index (κ1) is 23.1. The maximum Gasteiger partial charge on any atom is 0.318 e. The number of ether oxygens (including phenoxy) is 2. The highest BCUT2D eigenvalue weighted by Gasteiger charge is 2.45. The van der Waals surface area contributed by atoms with Crippen LogP contribution in [0.1, 0.15) is 25.8 Å². The van der Waals surface area contributed by atoms with Gasteiger partial charge in [-0.05, 0) is 43.5 Å². The minimum absolute atomic E-state index is 0.0395. The molecule has 0 radical (unpaired) electrons. The van der Waals surface area contributed by atoms with Crippen molar-refractivity contribution in [2.45, 2.75) is 32.4 Å². The molecule has 1 unspecified atom stereocenters. The van der Waals surface area contributed by atoms with Gasteiger partial charge in [-0.15, -0.1) is 0 Å². The number of carbonyl (C=O) groups excluding carboxylic acids is 2. The second kappa shape index (κ2) is 10.2. The minimum atomic E-state index is -0.378. The molecule has 2 aromatic rings. The number of methoxy groups -OCH3 is 1. The Morgan fingerprint density at radius 2 is 1.72 bits per heavy atom. The average molecular weight is 439 g/mol. The van der Waals surface area contributed by atoms with E-state index >= 15 is 0 Å². The molecule has 0 aliphatic carbocycles. The molecule has 32 heavy (non-hydrogen) atoms. The highest BCUT2D eigenvalue weighted by atomic mass is 16.5. The SMILES string of the molecule is CCNC(=O)N1C(C)[C@@H](C(=O)OC)C[C@H]1COc1ccc(-c2ccc(C(=N)N)cc2)cc1. The quantitative estimate of drug-likeness (QED) is 0.349. The summed E-state index contributed by atoms with van der Waals surface area (Å²) in [5.41, 5.74) is 8.21. The molecule has 1 saturated heterocycles. The van der Waals surface area contributed by atoms with Crippen LogP contribution in [0.5, 0.6) is 5.75 Å². The van der Waals surface area contributed by atoms with E-state index < -0.39 is 0 Å². The number of nitrogens with one attached hydrogen (secondary N) is 2. The smallest absolute Gasteiger partial charge is 0.318 e. The molecule has 2 aromatic carbocycles. The van der Waals surface area contributed by atoms with E-state index in [-0.39, 0.29) is 42.4 Å². The molecule has 3 atom stereocenters. The number of nitrogen functional groups attached to an aromatic ring is 1. The van der Waals surface area contributed by atoms with E-state index in [4.69, 9.17) is 20.6 Å². The van der Waals surface area contributed by atoms with Gasteiger partial charge in [0.1, 0.15) is 18.2 Å². The highest BCUT2D eigenvalue weighted by Crippen LogP contribution is 2.32. The van der Waals surface area contributed by atoms with Crippen molar-refractivity contribution in [2.24, 2.45) is 11.7 Å². The number of amidine groups is 1. The molecule has 1 aliphatic rings. The van der Waals surface area contributed by atoms with Crippen molar-refractivity contribution < 1.29 is 19.1 Å². The third-order valence-electron chi connectivity index (χ3n) is 5.83. The zero-order valence-corrected chi connectivity index (χ0v) is 18.6. The van der Waals surface area contributed by atoms with Crippen molar-refractivity contribution in [3.63, 3.8) is 0 Å². The van der Waals surface area contributed by atoms with Crippen molar-refractivity contribution in [1.29, 1.82) is 5.41 Å². The highest BCUT2D eigenvalue weighted by molar-refractivity contribution is 5.95. The molecule has 1 heterocycles. The van der Waals surface area contributed by atoms with Gasteiger partial charge < -0.3 is 25.4 Å². The van der Waals surface area contributed by atoms with E-state index in [9.17, 15) is 9.59 Å². The fourth-order valence-corrected chi connectivity index (χ4v) is 4.09. The van der Waals surface area contributed by atoms with Gasteiger partial charge in [-0.2, -0.15) is 0 Å². The van der Waals surface area contributed by atoms with Crippen molar-refractivity contribution in [3.8, 4) is 16.9 Å². The number of rotatable bonds is 7. The van der Waals surface area contributed by atoms with Gasteiger partial charge in [0.2, 0.25) is 0 Å². The number of urea groups is 1. The van der Waals surface area contributed by atoms with E-state index in [1.165, 1.54) is 7.11 Å². The lowest BCUT2D eigenvalue weighted by Crippen LogP contribution is -2.48. The predicted molar refractivity (Wildman–Crippen MR) is 123 cm³/mol. The van der Waals surface area contributed by atoms with Crippen molar-refractivity contribution >= 4 is 17.8 Å². The van der Waals surface area contributed by atoms with Gasteiger partial charge in [-0.25, -0.2) is 4.79 Å². The third kappa shape index (κ3) is 5.01. The second-order valence-electron chi connectivity index (χ2n) is 7.83. The number of esters is 1. The van der Waals surface area contributed by atoms with Gasteiger partial charge >= 0.3 is 12.0 Å².